The Hall–Kier alpha value is -3.56. The summed E-state index contributed by atoms with van der Waals surface area (Å²) in [6.07, 6.45) is 1.27. The van der Waals surface area contributed by atoms with E-state index in [-0.39, 0.29) is 29.6 Å². The van der Waals surface area contributed by atoms with Crippen LogP contribution in [0.2, 0.25) is 5.02 Å². The van der Waals surface area contributed by atoms with Crippen LogP contribution in [-0.2, 0) is 32.6 Å². The summed E-state index contributed by atoms with van der Waals surface area (Å²) in [6, 6.07) is 20.6. The number of sulfonamides is 1. The highest BCUT2D eigenvalue weighted by molar-refractivity contribution is 7.92. The summed E-state index contributed by atoms with van der Waals surface area (Å²) in [5.41, 5.74) is 2.32. The van der Waals surface area contributed by atoms with Crippen molar-refractivity contribution in [3.05, 3.63) is 94.5 Å². The highest BCUT2D eigenvalue weighted by Gasteiger charge is 2.34. The summed E-state index contributed by atoms with van der Waals surface area (Å²) >= 11 is 6.30. The predicted molar refractivity (Wildman–Crippen MR) is 164 cm³/mol. The summed E-state index contributed by atoms with van der Waals surface area (Å²) in [5.74, 6) is -0.490. The smallest absolute Gasteiger partial charge is 0.244 e. The van der Waals surface area contributed by atoms with E-state index < -0.39 is 34.1 Å². The molecule has 0 saturated heterocycles. The number of carbonyl (C=O) groups is 2. The van der Waals surface area contributed by atoms with Crippen molar-refractivity contribution in [3.8, 4) is 5.75 Å². The number of rotatable bonds is 11. The number of anilines is 1. The minimum absolute atomic E-state index is 0.113. The molecule has 2 amide bonds. The van der Waals surface area contributed by atoms with Gasteiger partial charge in [-0.15, -0.1) is 0 Å². The van der Waals surface area contributed by atoms with Gasteiger partial charge in [0.05, 0.1) is 24.1 Å². The number of ether oxygens (including phenoxy) is 1. The molecule has 0 bridgehead atoms. The fourth-order valence-electron chi connectivity index (χ4n) is 4.40. The van der Waals surface area contributed by atoms with Gasteiger partial charge in [0, 0.05) is 18.5 Å². The molecule has 0 spiro atoms. The molecule has 1 N–H and O–H groups in total. The largest absolute Gasteiger partial charge is 0.495 e. The Kier molecular flexibility index (Phi) is 10.4. The maximum absolute atomic E-state index is 14.2. The second-order valence-electron chi connectivity index (χ2n) is 11.0. The average molecular weight is 600 g/mol. The first-order chi connectivity index (χ1) is 19.2. The maximum atomic E-state index is 14.2. The first-order valence-electron chi connectivity index (χ1n) is 13.2. The van der Waals surface area contributed by atoms with Crippen LogP contribution < -0.4 is 14.4 Å². The van der Waals surface area contributed by atoms with Crippen LogP contribution in [0.25, 0.3) is 0 Å². The highest BCUT2D eigenvalue weighted by atomic mass is 35.5. The number of nitrogens with one attached hydrogen (secondary N) is 1. The molecule has 8 nitrogen and oxygen atoms in total. The first-order valence-corrected chi connectivity index (χ1v) is 15.4. The summed E-state index contributed by atoms with van der Waals surface area (Å²) < 4.78 is 32.1. The second kappa shape index (κ2) is 13.4. The first kappa shape index (κ1) is 32.0. The molecule has 0 heterocycles. The van der Waals surface area contributed by atoms with Crippen LogP contribution in [0.5, 0.6) is 5.75 Å². The molecule has 0 fully saturated rings. The Morgan fingerprint density at radius 1 is 1.00 bits per heavy atom. The summed E-state index contributed by atoms with van der Waals surface area (Å²) in [5, 5.41) is 3.22. The van der Waals surface area contributed by atoms with Gasteiger partial charge >= 0.3 is 0 Å². The van der Waals surface area contributed by atoms with Gasteiger partial charge in [0.2, 0.25) is 21.8 Å². The van der Waals surface area contributed by atoms with E-state index in [1.54, 1.807) is 6.07 Å². The van der Waals surface area contributed by atoms with Crippen molar-refractivity contribution >= 4 is 39.1 Å². The average Bonchev–Trinajstić information content (AvgIpc) is 2.89. The summed E-state index contributed by atoms with van der Waals surface area (Å²) in [7, 11) is -2.46. The van der Waals surface area contributed by atoms with Crippen molar-refractivity contribution in [2.24, 2.45) is 0 Å². The number of halogens is 1. The lowest BCUT2D eigenvalue weighted by Gasteiger charge is -2.35. The van der Waals surface area contributed by atoms with Gasteiger partial charge in [0.15, 0.2) is 0 Å². The lowest BCUT2D eigenvalue weighted by Crippen LogP contribution is -2.56. The Labute approximate surface area is 248 Å². The zero-order valence-electron chi connectivity index (χ0n) is 24.3. The van der Waals surface area contributed by atoms with E-state index in [9.17, 15) is 18.0 Å². The highest BCUT2D eigenvalue weighted by Crippen LogP contribution is 2.30. The van der Waals surface area contributed by atoms with Crippen LogP contribution in [0.1, 0.15) is 37.5 Å². The van der Waals surface area contributed by atoms with Gasteiger partial charge in [0.25, 0.3) is 0 Å². The van der Waals surface area contributed by atoms with E-state index in [1.165, 1.54) is 24.1 Å². The van der Waals surface area contributed by atoms with Crippen LogP contribution >= 0.6 is 11.6 Å². The van der Waals surface area contributed by atoms with E-state index in [1.807, 2.05) is 82.3 Å². The zero-order valence-corrected chi connectivity index (χ0v) is 25.9. The molecule has 0 aliphatic rings. The molecule has 41 heavy (non-hydrogen) atoms. The number of aryl methyl sites for hydroxylation is 1. The van der Waals surface area contributed by atoms with Crippen molar-refractivity contribution in [2.45, 2.75) is 52.2 Å². The number of methoxy groups -OCH3 is 1. The van der Waals surface area contributed by atoms with Crippen molar-refractivity contribution in [3.63, 3.8) is 0 Å². The minimum atomic E-state index is -3.91. The van der Waals surface area contributed by atoms with Gasteiger partial charge in [-0.2, -0.15) is 0 Å². The lowest BCUT2D eigenvalue weighted by atomic mass is 10.00. The Balaban J connectivity index is 2.09. The van der Waals surface area contributed by atoms with E-state index in [4.69, 9.17) is 16.3 Å². The normalized spacial score (nSPS) is 12.4. The third-order valence-corrected chi connectivity index (χ3v) is 7.91. The SMILES string of the molecule is COc1ccc(N(CC(=O)N(Cc2ccccc2C)C(Cc2ccccc2)C(=O)NC(C)(C)C)S(C)(=O)=O)cc1Cl. The molecule has 0 aliphatic heterocycles. The minimum Gasteiger partial charge on any atom is -0.495 e. The maximum Gasteiger partial charge on any atom is 0.244 e. The third kappa shape index (κ3) is 8.96. The number of carbonyl (C=O) groups excluding carboxylic acids is 2. The molecule has 1 atom stereocenters. The quantitative estimate of drug-likeness (QED) is 0.335. The fraction of sp³-hybridized carbons (Fsp3) is 0.355. The van der Waals surface area contributed by atoms with E-state index in [0.717, 1.165) is 27.3 Å². The molecule has 1 unspecified atom stereocenters. The monoisotopic (exact) mass is 599 g/mol. The molecule has 3 rings (SSSR count). The molecule has 3 aromatic carbocycles. The summed E-state index contributed by atoms with van der Waals surface area (Å²) in [6.45, 7) is 7.13. The zero-order chi connectivity index (χ0) is 30.4. The van der Waals surface area contributed by atoms with Crippen LogP contribution in [0, 0.1) is 6.92 Å². The van der Waals surface area contributed by atoms with Gasteiger partial charge in [-0.25, -0.2) is 8.42 Å². The van der Waals surface area contributed by atoms with Crippen LogP contribution in [-0.4, -0.2) is 56.6 Å². The Morgan fingerprint density at radius 2 is 1.63 bits per heavy atom. The lowest BCUT2D eigenvalue weighted by molar-refractivity contribution is -0.140. The molecule has 0 aromatic heterocycles. The van der Waals surface area contributed by atoms with Crippen LogP contribution in [0.4, 0.5) is 5.69 Å². The van der Waals surface area contributed by atoms with Gasteiger partial charge in [-0.1, -0.05) is 66.2 Å². The standard InChI is InChI=1S/C31H38ClN3O5S/c1-22-12-10-11-15-24(22)20-34(27(30(37)33-31(2,3)4)18-23-13-8-7-9-14-23)29(36)21-35(41(6,38)39)25-16-17-28(40-5)26(32)19-25/h7-17,19,27H,18,20-21H2,1-6H3,(H,33,37). The number of nitrogens with zero attached hydrogens (tertiary/aromatic N) is 2. The van der Waals surface area contributed by atoms with E-state index in [0.29, 0.717) is 5.75 Å². The van der Waals surface area contributed by atoms with Crippen molar-refractivity contribution in [1.29, 1.82) is 0 Å². The molecule has 0 radical (unpaired) electrons. The van der Waals surface area contributed by atoms with Crippen molar-refractivity contribution < 1.29 is 22.7 Å². The summed E-state index contributed by atoms with van der Waals surface area (Å²) in [4.78, 5) is 29.4. The van der Waals surface area contributed by atoms with Crippen molar-refractivity contribution in [2.75, 3.05) is 24.2 Å². The molecule has 3 aromatic rings. The molecule has 0 saturated carbocycles. The van der Waals surface area contributed by atoms with Crippen LogP contribution in [0.15, 0.2) is 72.8 Å². The molecular weight excluding hydrogens is 562 g/mol. The van der Waals surface area contributed by atoms with Gasteiger partial charge in [0.1, 0.15) is 18.3 Å². The van der Waals surface area contributed by atoms with Crippen LogP contribution in [0.3, 0.4) is 0 Å². The number of benzene rings is 3. The van der Waals surface area contributed by atoms with E-state index in [2.05, 4.69) is 5.32 Å². The number of hydrogen-bond donors (Lipinski definition) is 1. The fourth-order valence-corrected chi connectivity index (χ4v) is 5.50. The Morgan fingerprint density at radius 3 is 2.20 bits per heavy atom. The predicted octanol–water partition coefficient (Wildman–Crippen LogP) is 4.98. The van der Waals surface area contributed by atoms with Crippen molar-refractivity contribution in [1.82, 2.24) is 10.2 Å². The third-order valence-electron chi connectivity index (χ3n) is 6.47. The van der Waals surface area contributed by atoms with Gasteiger partial charge in [-0.3, -0.25) is 13.9 Å². The van der Waals surface area contributed by atoms with E-state index >= 15 is 0 Å². The molecular formula is C31H38ClN3O5S. The molecule has 10 heteroatoms. The van der Waals surface area contributed by atoms with Gasteiger partial charge in [-0.05, 0) is 62.6 Å². The second-order valence-corrected chi connectivity index (χ2v) is 13.3. The molecule has 0 aliphatic carbocycles. The topological polar surface area (TPSA) is 96.0 Å². The Bertz CT molecular complexity index is 1470. The van der Waals surface area contributed by atoms with Gasteiger partial charge < -0.3 is 15.0 Å². The number of hydrogen-bond acceptors (Lipinski definition) is 5. The number of amides is 2. The molecule has 220 valence electrons.